The van der Waals surface area contributed by atoms with Gasteiger partial charge < -0.3 is 15.0 Å². The second-order valence-electron chi connectivity index (χ2n) is 7.68. The van der Waals surface area contributed by atoms with E-state index in [-0.39, 0.29) is 17.6 Å². The quantitative estimate of drug-likeness (QED) is 0.643. The van der Waals surface area contributed by atoms with Gasteiger partial charge in [-0.1, -0.05) is 30.3 Å². The van der Waals surface area contributed by atoms with Crippen LogP contribution in [0.25, 0.3) is 0 Å². The van der Waals surface area contributed by atoms with Crippen LogP contribution in [0.5, 0.6) is 5.75 Å². The van der Waals surface area contributed by atoms with Crippen LogP contribution in [0.15, 0.2) is 66.7 Å². The van der Waals surface area contributed by atoms with Crippen LogP contribution in [0.1, 0.15) is 49.5 Å². The van der Waals surface area contributed by atoms with Crippen molar-refractivity contribution in [2.75, 3.05) is 23.9 Å². The fraction of sp³-hybridized carbons (Fsp3) is 0.192. The first-order chi connectivity index (χ1) is 15.5. The van der Waals surface area contributed by atoms with Crippen molar-refractivity contribution in [1.82, 2.24) is 0 Å². The summed E-state index contributed by atoms with van der Waals surface area (Å²) in [4.78, 5) is 40.1. The number of carbonyl (C=O) groups excluding carboxylic acids is 3. The molecule has 1 N–H and O–H groups in total. The van der Waals surface area contributed by atoms with Crippen molar-refractivity contribution in [1.29, 1.82) is 0 Å². The molecule has 0 spiro atoms. The largest absolute Gasteiger partial charge is 0.496 e. The summed E-state index contributed by atoms with van der Waals surface area (Å²) in [6.07, 6.45) is 0.994. The van der Waals surface area contributed by atoms with E-state index in [1.54, 1.807) is 47.4 Å². The fourth-order valence-electron chi connectivity index (χ4n) is 3.93. The minimum Gasteiger partial charge on any atom is -0.496 e. The highest BCUT2D eigenvalue weighted by atomic mass is 16.5. The van der Waals surface area contributed by atoms with Crippen molar-refractivity contribution in [3.05, 3.63) is 89.0 Å². The van der Waals surface area contributed by atoms with E-state index in [0.29, 0.717) is 53.2 Å². The Morgan fingerprint density at radius 1 is 0.969 bits per heavy atom. The van der Waals surface area contributed by atoms with Crippen LogP contribution in [0, 0.1) is 6.92 Å². The summed E-state index contributed by atoms with van der Waals surface area (Å²) in [6.45, 7) is 2.32. The number of nitrogens with one attached hydrogen (secondary N) is 1. The molecule has 3 aromatic rings. The molecule has 0 fully saturated rings. The zero-order valence-electron chi connectivity index (χ0n) is 18.1. The van der Waals surface area contributed by atoms with Gasteiger partial charge in [0.05, 0.1) is 18.4 Å². The molecule has 0 radical (unpaired) electrons. The molecule has 3 aromatic carbocycles. The molecule has 1 heterocycles. The number of carbonyl (C=O) groups is 3. The third kappa shape index (κ3) is 4.12. The van der Waals surface area contributed by atoms with Crippen LogP contribution >= 0.6 is 0 Å². The minimum absolute atomic E-state index is 0.0390. The molecule has 0 saturated heterocycles. The number of hydrogen-bond acceptors (Lipinski definition) is 4. The summed E-state index contributed by atoms with van der Waals surface area (Å²) >= 11 is 0. The van der Waals surface area contributed by atoms with E-state index in [4.69, 9.17) is 4.74 Å². The monoisotopic (exact) mass is 428 g/mol. The molecule has 0 atom stereocenters. The molecular formula is C26H24N2O4. The van der Waals surface area contributed by atoms with Crippen LogP contribution in [-0.2, 0) is 0 Å². The first-order valence-corrected chi connectivity index (χ1v) is 10.5. The standard InChI is InChI=1S/C26H24N2O4/c1-17-8-3-4-9-19(17)25(30)27-18-13-14-21(24(16-18)32-2)26(31)28-15-7-12-23(29)20-10-5-6-11-22(20)28/h3-6,8-11,13-14,16H,7,12,15H2,1-2H3,(H,27,30). The molecule has 0 bridgehead atoms. The highest BCUT2D eigenvalue weighted by Crippen LogP contribution is 2.31. The SMILES string of the molecule is COc1cc(NC(=O)c2ccccc2C)ccc1C(=O)N1CCCC(=O)c2ccccc21. The second-order valence-corrected chi connectivity index (χ2v) is 7.68. The van der Waals surface area contributed by atoms with E-state index < -0.39 is 0 Å². The smallest absolute Gasteiger partial charge is 0.262 e. The number of aryl methyl sites for hydroxylation is 1. The molecule has 0 aromatic heterocycles. The lowest BCUT2D eigenvalue weighted by Crippen LogP contribution is -2.32. The van der Waals surface area contributed by atoms with Gasteiger partial charge in [-0.2, -0.15) is 0 Å². The van der Waals surface area contributed by atoms with Gasteiger partial charge in [0.2, 0.25) is 0 Å². The number of amides is 2. The molecule has 1 aliphatic rings. The van der Waals surface area contributed by atoms with E-state index in [1.165, 1.54) is 7.11 Å². The number of ether oxygens (including phenoxy) is 1. The lowest BCUT2D eigenvalue weighted by atomic mass is 10.1. The lowest BCUT2D eigenvalue weighted by molar-refractivity contribution is 0.0972. The molecule has 6 nitrogen and oxygen atoms in total. The zero-order chi connectivity index (χ0) is 22.7. The van der Waals surface area contributed by atoms with Crippen molar-refractivity contribution in [3.8, 4) is 5.75 Å². The molecule has 162 valence electrons. The number of anilines is 2. The summed E-state index contributed by atoms with van der Waals surface area (Å²) in [5.41, 5.74) is 3.51. The minimum atomic E-state index is -0.249. The Morgan fingerprint density at radius 2 is 1.72 bits per heavy atom. The van der Waals surface area contributed by atoms with Gasteiger partial charge in [0.1, 0.15) is 5.75 Å². The first-order valence-electron chi connectivity index (χ1n) is 10.5. The van der Waals surface area contributed by atoms with Crippen LogP contribution in [0.2, 0.25) is 0 Å². The summed E-state index contributed by atoms with van der Waals surface area (Å²) in [7, 11) is 1.49. The molecule has 1 aliphatic heterocycles. The fourth-order valence-corrected chi connectivity index (χ4v) is 3.93. The topological polar surface area (TPSA) is 75.7 Å². The maximum absolute atomic E-state index is 13.4. The number of para-hydroxylation sites is 1. The Kier molecular flexibility index (Phi) is 6.03. The van der Waals surface area contributed by atoms with E-state index in [1.807, 2.05) is 31.2 Å². The van der Waals surface area contributed by atoms with Crippen LogP contribution < -0.4 is 15.0 Å². The highest BCUT2D eigenvalue weighted by molar-refractivity contribution is 6.13. The summed E-state index contributed by atoms with van der Waals surface area (Å²) in [5.74, 6) is -0.0901. The third-order valence-electron chi connectivity index (χ3n) is 5.61. The number of benzene rings is 3. The Morgan fingerprint density at radius 3 is 2.50 bits per heavy atom. The van der Waals surface area contributed by atoms with Crippen LogP contribution in [-0.4, -0.2) is 31.3 Å². The van der Waals surface area contributed by atoms with Crippen molar-refractivity contribution in [3.63, 3.8) is 0 Å². The second kappa shape index (κ2) is 9.06. The van der Waals surface area contributed by atoms with Gasteiger partial charge in [-0.15, -0.1) is 0 Å². The van der Waals surface area contributed by atoms with E-state index >= 15 is 0 Å². The average molecular weight is 428 g/mol. The average Bonchev–Trinajstić information content (AvgIpc) is 2.97. The molecular weight excluding hydrogens is 404 g/mol. The maximum atomic E-state index is 13.4. The number of methoxy groups -OCH3 is 1. The number of fused-ring (bicyclic) bond motifs is 1. The zero-order valence-corrected chi connectivity index (χ0v) is 18.1. The summed E-state index contributed by atoms with van der Waals surface area (Å²) in [5, 5.41) is 2.86. The Labute approximate surface area is 186 Å². The van der Waals surface area contributed by atoms with Gasteiger partial charge >= 0.3 is 0 Å². The molecule has 0 unspecified atom stereocenters. The van der Waals surface area contributed by atoms with E-state index in [2.05, 4.69) is 5.32 Å². The Hall–Kier alpha value is -3.93. The molecule has 0 saturated carbocycles. The molecule has 6 heteroatoms. The third-order valence-corrected chi connectivity index (χ3v) is 5.61. The van der Waals surface area contributed by atoms with Crippen LogP contribution in [0.3, 0.4) is 0 Å². The first kappa shape index (κ1) is 21.3. The van der Waals surface area contributed by atoms with Crippen molar-refractivity contribution >= 4 is 29.0 Å². The summed E-state index contributed by atoms with van der Waals surface area (Å²) in [6, 6.07) is 19.5. The Bertz CT molecular complexity index is 1200. The number of hydrogen-bond donors (Lipinski definition) is 1. The van der Waals surface area contributed by atoms with E-state index in [9.17, 15) is 14.4 Å². The molecule has 2 amide bonds. The van der Waals surface area contributed by atoms with Crippen molar-refractivity contribution in [2.45, 2.75) is 19.8 Å². The number of Topliss-reactive ketones (excluding diaryl/α,β-unsaturated/α-hetero) is 1. The molecule has 32 heavy (non-hydrogen) atoms. The number of ketones is 1. The van der Waals surface area contributed by atoms with Crippen molar-refractivity contribution < 1.29 is 19.1 Å². The highest BCUT2D eigenvalue weighted by Gasteiger charge is 2.27. The van der Waals surface area contributed by atoms with Crippen molar-refractivity contribution in [2.24, 2.45) is 0 Å². The van der Waals surface area contributed by atoms with Gasteiger partial charge in [0.15, 0.2) is 5.78 Å². The molecule has 4 rings (SSSR count). The van der Waals surface area contributed by atoms with Gasteiger partial charge in [-0.05, 0) is 49.2 Å². The number of nitrogens with zero attached hydrogens (tertiary/aromatic N) is 1. The Balaban J connectivity index is 1.63. The van der Waals surface area contributed by atoms with Crippen LogP contribution in [0.4, 0.5) is 11.4 Å². The van der Waals surface area contributed by atoms with Gasteiger partial charge in [-0.25, -0.2) is 0 Å². The lowest BCUT2D eigenvalue weighted by Gasteiger charge is -2.23. The normalized spacial score (nSPS) is 13.2. The van der Waals surface area contributed by atoms with E-state index in [0.717, 1.165) is 5.56 Å². The van der Waals surface area contributed by atoms with Gasteiger partial charge in [0, 0.05) is 35.8 Å². The summed E-state index contributed by atoms with van der Waals surface area (Å²) < 4.78 is 5.48. The maximum Gasteiger partial charge on any atom is 0.262 e. The van der Waals surface area contributed by atoms with Gasteiger partial charge in [-0.3, -0.25) is 14.4 Å². The molecule has 0 aliphatic carbocycles. The number of rotatable bonds is 4. The predicted octanol–water partition coefficient (Wildman–Crippen LogP) is 4.88. The van der Waals surface area contributed by atoms with Gasteiger partial charge in [0.25, 0.3) is 11.8 Å². The predicted molar refractivity (Wildman–Crippen MR) is 124 cm³/mol.